The third kappa shape index (κ3) is 5.92. The van der Waals surface area contributed by atoms with Crippen LogP contribution in [-0.2, 0) is 19.1 Å². The van der Waals surface area contributed by atoms with E-state index in [2.05, 4.69) is 4.74 Å². The Kier molecular flexibility index (Phi) is 7.24. The smallest absolute Gasteiger partial charge is 0.481 e. The monoisotopic (exact) mass is 262 g/mol. The number of carboxylic acid groups (broad SMARTS) is 4. The van der Waals surface area contributed by atoms with E-state index in [1.165, 1.54) is 0 Å². The molecule has 0 heterocycles. The topological polar surface area (TPSA) is 158 Å². The number of carboxylic acids is 3. The van der Waals surface area contributed by atoms with Gasteiger partial charge in [0.2, 0.25) is 5.60 Å². The van der Waals surface area contributed by atoms with E-state index in [1.807, 2.05) is 0 Å². The molecule has 0 radical (unpaired) electrons. The highest BCUT2D eigenvalue weighted by Crippen LogP contribution is 2.22. The van der Waals surface area contributed by atoms with Crippen molar-refractivity contribution in [3.05, 3.63) is 0 Å². The van der Waals surface area contributed by atoms with Gasteiger partial charge in [0.15, 0.2) is 0 Å². The van der Waals surface area contributed by atoms with Crippen molar-refractivity contribution in [2.75, 3.05) is 0 Å². The van der Waals surface area contributed by atoms with Gasteiger partial charge in [0.1, 0.15) is 0 Å². The summed E-state index contributed by atoms with van der Waals surface area (Å²) in [5, 5.41) is 33.7. The maximum absolute atomic E-state index is 10.7. The van der Waals surface area contributed by atoms with Crippen LogP contribution in [0.2, 0.25) is 0 Å². The standard InChI is InChI=1S/C7H8O9.Mg.2H/c8-3(9)1-7(5(12)13,2-4(10)11)16-6(14)15;;;/h1-2H2,(H,8,9)(H,10,11)(H,12,13)(H,14,15);;;. The quantitative estimate of drug-likeness (QED) is 0.331. The van der Waals surface area contributed by atoms with Crippen LogP contribution in [0, 0.1) is 0 Å². The number of ether oxygens (including phenoxy) is 1. The summed E-state index contributed by atoms with van der Waals surface area (Å²) in [6.45, 7) is 0. The summed E-state index contributed by atoms with van der Waals surface area (Å²) in [6, 6.07) is 0. The second kappa shape index (κ2) is 6.91. The molecule has 0 aromatic heterocycles. The van der Waals surface area contributed by atoms with Crippen LogP contribution in [0.3, 0.4) is 0 Å². The zero-order valence-electron chi connectivity index (χ0n) is 7.74. The summed E-state index contributed by atoms with van der Waals surface area (Å²) >= 11 is 0. The Morgan fingerprint density at radius 1 is 0.882 bits per heavy atom. The Morgan fingerprint density at radius 2 is 1.24 bits per heavy atom. The summed E-state index contributed by atoms with van der Waals surface area (Å²) in [4.78, 5) is 41.6. The highest BCUT2D eigenvalue weighted by Gasteiger charge is 2.47. The molecular weight excluding hydrogens is 252 g/mol. The SMILES string of the molecule is O=C(O)CC(CC(=O)O)(OC(=O)O)C(=O)O.[MgH2]. The Balaban J connectivity index is 0. The van der Waals surface area contributed by atoms with Gasteiger partial charge >= 0.3 is 47.1 Å². The number of hydrogen-bond donors (Lipinski definition) is 4. The van der Waals surface area contributed by atoms with Crippen molar-refractivity contribution in [3.8, 4) is 0 Å². The lowest BCUT2D eigenvalue weighted by Crippen LogP contribution is -2.46. The van der Waals surface area contributed by atoms with E-state index in [0.717, 1.165) is 0 Å². The summed E-state index contributed by atoms with van der Waals surface area (Å²) in [5.74, 6) is -5.35. The fourth-order valence-corrected chi connectivity index (χ4v) is 0.985. The van der Waals surface area contributed by atoms with Crippen LogP contribution in [0.15, 0.2) is 0 Å². The zero-order chi connectivity index (χ0) is 12.9. The van der Waals surface area contributed by atoms with Crippen molar-refractivity contribution >= 4 is 47.1 Å². The normalized spacial score (nSPS) is 9.88. The number of hydrogen-bond acceptors (Lipinski definition) is 5. The van der Waals surface area contributed by atoms with Gasteiger partial charge in [-0.2, -0.15) is 0 Å². The minimum Gasteiger partial charge on any atom is -0.481 e. The van der Waals surface area contributed by atoms with E-state index in [0.29, 0.717) is 0 Å². The average Bonchev–Trinajstić information content (AvgIpc) is 1.98. The molecule has 0 amide bonds. The molecule has 94 valence electrons. The van der Waals surface area contributed by atoms with Gasteiger partial charge in [-0.15, -0.1) is 0 Å². The predicted molar refractivity (Wildman–Crippen MR) is 52.5 cm³/mol. The summed E-state index contributed by atoms with van der Waals surface area (Å²) in [6.07, 6.45) is -4.62. The van der Waals surface area contributed by atoms with E-state index >= 15 is 0 Å². The van der Waals surface area contributed by atoms with E-state index < -0.39 is 42.5 Å². The van der Waals surface area contributed by atoms with Gasteiger partial charge in [-0.25, -0.2) is 9.59 Å². The van der Waals surface area contributed by atoms with Crippen LogP contribution in [-0.4, -0.2) is 73.1 Å². The molecule has 0 aliphatic rings. The van der Waals surface area contributed by atoms with Crippen molar-refractivity contribution in [2.24, 2.45) is 0 Å². The Hall–Kier alpha value is -1.55. The van der Waals surface area contributed by atoms with Crippen molar-refractivity contribution in [1.82, 2.24) is 0 Å². The molecule has 0 aromatic carbocycles. The Bertz CT molecular complexity index is 295. The van der Waals surface area contributed by atoms with Crippen molar-refractivity contribution in [3.63, 3.8) is 0 Å². The summed E-state index contributed by atoms with van der Waals surface area (Å²) in [5.41, 5.74) is -2.82. The van der Waals surface area contributed by atoms with E-state index in [1.54, 1.807) is 0 Å². The Labute approximate surface area is 110 Å². The predicted octanol–water partition coefficient (Wildman–Crippen LogP) is -1.46. The van der Waals surface area contributed by atoms with E-state index in [-0.39, 0.29) is 23.1 Å². The van der Waals surface area contributed by atoms with Gasteiger partial charge < -0.3 is 25.2 Å². The number of carbonyl (C=O) groups is 4. The van der Waals surface area contributed by atoms with Gasteiger partial charge in [-0.3, -0.25) is 9.59 Å². The second-order valence-electron chi connectivity index (χ2n) is 2.81. The molecular formula is C7H10MgO9. The van der Waals surface area contributed by atoms with Crippen LogP contribution in [0.25, 0.3) is 0 Å². The molecule has 0 saturated carbocycles. The van der Waals surface area contributed by atoms with Crippen molar-refractivity contribution in [2.45, 2.75) is 18.4 Å². The largest absolute Gasteiger partial charge is 0.506 e. The van der Waals surface area contributed by atoms with Crippen LogP contribution < -0.4 is 0 Å². The van der Waals surface area contributed by atoms with Crippen LogP contribution in [0.1, 0.15) is 12.8 Å². The highest BCUT2D eigenvalue weighted by atomic mass is 24.3. The molecule has 0 aliphatic carbocycles. The van der Waals surface area contributed by atoms with Crippen molar-refractivity contribution in [1.29, 1.82) is 0 Å². The third-order valence-corrected chi connectivity index (χ3v) is 1.55. The molecule has 0 saturated heterocycles. The third-order valence-electron chi connectivity index (χ3n) is 1.55. The molecule has 9 nitrogen and oxygen atoms in total. The molecule has 0 aliphatic heterocycles. The molecule has 0 bridgehead atoms. The van der Waals surface area contributed by atoms with Crippen LogP contribution in [0.4, 0.5) is 4.79 Å². The van der Waals surface area contributed by atoms with Crippen LogP contribution >= 0.6 is 0 Å². The summed E-state index contributed by atoms with van der Waals surface area (Å²) < 4.78 is 3.88. The minimum absolute atomic E-state index is 0. The molecule has 4 N–H and O–H groups in total. The first-order valence-electron chi connectivity index (χ1n) is 3.78. The first-order chi connectivity index (χ1) is 7.19. The molecule has 0 rings (SSSR count). The summed E-state index contributed by atoms with van der Waals surface area (Å²) in [7, 11) is 0. The molecule has 0 fully saturated rings. The van der Waals surface area contributed by atoms with Gasteiger partial charge in [0, 0.05) is 0 Å². The van der Waals surface area contributed by atoms with Crippen molar-refractivity contribution < 1.29 is 44.3 Å². The molecule has 10 heteroatoms. The van der Waals surface area contributed by atoms with E-state index in [9.17, 15) is 19.2 Å². The minimum atomic E-state index is -2.82. The van der Waals surface area contributed by atoms with Gasteiger partial charge in [-0.05, 0) is 0 Å². The fourth-order valence-electron chi connectivity index (χ4n) is 0.985. The highest BCUT2D eigenvalue weighted by molar-refractivity contribution is 5.89. The van der Waals surface area contributed by atoms with E-state index in [4.69, 9.17) is 20.4 Å². The molecule has 0 atom stereocenters. The lowest BCUT2D eigenvalue weighted by atomic mass is 9.95. The lowest BCUT2D eigenvalue weighted by Gasteiger charge is -2.24. The van der Waals surface area contributed by atoms with Crippen LogP contribution in [0.5, 0.6) is 0 Å². The molecule has 0 unspecified atom stereocenters. The number of rotatable bonds is 6. The zero-order valence-corrected chi connectivity index (χ0v) is 7.74. The van der Waals surface area contributed by atoms with Gasteiger partial charge in [0.25, 0.3) is 0 Å². The first kappa shape index (κ1) is 17.8. The maximum atomic E-state index is 10.7. The Morgan fingerprint density at radius 3 is 1.41 bits per heavy atom. The molecule has 0 spiro atoms. The van der Waals surface area contributed by atoms with Gasteiger partial charge in [0.05, 0.1) is 12.8 Å². The maximum Gasteiger partial charge on any atom is 0.506 e. The molecule has 0 aromatic rings. The average molecular weight is 262 g/mol. The molecule has 17 heavy (non-hydrogen) atoms. The van der Waals surface area contributed by atoms with Gasteiger partial charge in [-0.1, -0.05) is 0 Å². The fraction of sp³-hybridized carbons (Fsp3) is 0.429. The number of aliphatic carboxylic acids is 3. The lowest BCUT2D eigenvalue weighted by molar-refractivity contribution is -0.172. The first-order valence-corrected chi connectivity index (χ1v) is 3.78. The second-order valence-corrected chi connectivity index (χ2v) is 2.81.